The van der Waals surface area contributed by atoms with Crippen LogP contribution in [0.3, 0.4) is 0 Å². The molecule has 1 saturated heterocycles. The molecule has 0 bridgehead atoms. The maximum Gasteiger partial charge on any atom is 0.375 e. The SMILES string of the molecule is CCCCCCC(=O)C1COC(=O)C1=O. The maximum atomic E-state index is 11.5. The van der Waals surface area contributed by atoms with Gasteiger partial charge in [0.15, 0.2) is 0 Å². The lowest BCUT2D eigenvalue weighted by molar-refractivity contribution is -0.147. The summed E-state index contributed by atoms with van der Waals surface area (Å²) in [6, 6.07) is 0. The summed E-state index contributed by atoms with van der Waals surface area (Å²) in [4.78, 5) is 33.4. The average molecular weight is 212 g/mol. The molecule has 4 heteroatoms. The predicted molar refractivity (Wildman–Crippen MR) is 53.2 cm³/mol. The zero-order chi connectivity index (χ0) is 11.3. The average Bonchev–Trinajstić information content (AvgIpc) is 2.55. The second-order valence-corrected chi connectivity index (χ2v) is 3.79. The van der Waals surface area contributed by atoms with Crippen molar-refractivity contribution >= 4 is 17.5 Å². The third-order valence-electron chi connectivity index (χ3n) is 2.56. The smallest absolute Gasteiger partial charge is 0.375 e. The molecule has 0 aromatic heterocycles. The van der Waals surface area contributed by atoms with Gasteiger partial charge < -0.3 is 4.74 Å². The van der Waals surface area contributed by atoms with Gasteiger partial charge in [0.2, 0.25) is 0 Å². The molecular formula is C11H16O4. The van der Waals surface area contributed by atoms with Gasteiger partial charge >= 0.3 is 5.97 Å². The lowest BCUT2D eigenvalue weighted by Gasteiger charge is -2.03. The quantitative estimate of drug-likeness (QED) is 0.288. The van der Waals surface area contributed by atoms with Gasteiger partial charge in [-0.3, -0.25) is 9.59 Å². The van der Waals surface area contributed by atoms with E-state index in [1.165, 1.54) is 0 Å². The van der Waals surface area contributed by atoms with Crippen molar-refractivity contribution in [3.63, 3.8) is 0 Å². The minimum absolute atomic E-state index is 0.0513. The largest absolute Gasteiger partial charge is 0.459 e. The van der Waals surface area contributed by atoms with Gasteiger partial charge in [-0.25, -0.2) is 4.79 Å². The van der Waals surface area contributed by atoms with E-state index in [2.05, 4.69) is 11.7 Å². The minimum atomic E-state index is -0.859. The van der Waals surface area contributed by atoms with E-state index in [1.54, 1.807) is 0 Å². The van der Waals surface area contributed by atoms with Gasteiger partial charge in [-0.05, 0) is 6.42 Å². The fourth-order valence-corrected chi connectivity index (χ4v) is 1.59. The fraction of sp³-hybridized carbons (Fsp3) is 0.727. The molecule has 1 heterocycles. The van der Waals surface area contributed by atoms with Crippen LogP contribution in [0.2, 0.25) is 0 Å². The van der Waals surface area contributed by atoms with E-state index in [0.717, 1.165) is 25.7 Å². The van der Waals surface area contributed by atoms with Crippen molar-refractivity contribution in [2.45, 2.75) is 39.0 Å². The Kier molecular flexibility index (Phi) is 4.46. The maximum absolute atomic E-state index is 11.5. The fourth-order valence-electron chi connectivity index (χ4n) is 1.59. The number of carbonyl (C=O) groups excluding carboxylic acids is 3. The van der Waals surface area contributed by atoms with Crippen LogP contribution >= 0.6 is 0 Å². The highest BCUT2D eigenvalue weighted by Crippen LogP contribution is 2.15. The highest BCUT2D eigenvalue weighted by Gasteiger charge is 2.39. The topological polar surface area (TPSA) is 60.4 Å². The molecular weight excluding hydrogens is 196 g/mol. The summed E-state index contributed by atoms with van der Waals surface area (Å²) in [7, 11) is 0. The highest BCUT2D eigenvalue weighted by molar-refractivity contribution is 6.40. The monoisotopic (exact) mass is 212 g/mol. The molecule has 0 spiro atoms. The minimum Gasteiger partial charge on any atom is -0.459 e. The van der Waals surface area contributed by atoms with E-state index in [-0.39, 0.29) is 12.4 Å². The van der Waals surface area contributed by atoms with Gasteiger partial charge in [-0.1, -0.05) is 26.2 Å². The molecule has 0 saturated carbocycles. The Bertz CT molecular complexity index is 270. The van der Waals surface area contributed by atoms with Crippen LogP contribution in [-0.2, 0) is 19.1 Å². The molecule has 1 unspecified atom stereocenters. The van der Waals surface area contributed by atoms with E-state index < -0.39 is 17.7 Å². The Balaban J connectivity index is 2.28. The molecule has 1 aliphatic heterocycles. The van der Waals surface area contributed by atoms with Gasteiger partial charge in [-0.2, -0.15) is 0 Å². The van der Waals surface area contributed by atoms with Gasteiger partial charge in [0, 0.05) is 6.42 Å². The van der Waals surface area contributed by atoms with Crippen LogP contribution in [0, 0.1) is 5.92 Å². The first-order valence-electron chi connectivity index (χ1n) is 5.40. The second-order valence-electron chi connectivity index (χ2n) is 3.79. The van der Waals surface area contributed by atoms with Crippen molar-refractivity contribution < 1.29 is 19.1 Å². The number of esters is 1. The van der Waals surface area contributed by atoms with Crippen molar-refractivity contribution in [1.82, 2.24) is 0 Å². The highest BCUT2D eigenvalue weighted by atomic mass is 16.5. The molecule has 15 heavy (non-hydrogen) atoms. The van der Waals surface area contributed by atoms with Crippen LogP contribution in [0.1, 0.15) is 39.0 Å². The Hall–Kier alpha value is -1.19. The number of hydrogen-bond acceptors (Lipinski definition) is 4. The predicted octanol–water partition coefficient (Wildman–Crippen LogP) is 1.27. The summed E-state index contributed by atoms with van der Waals surface area (Å²) in [5, 5.41) is 0. The van der Waals surface area contributed by atoms with Crippen molar-refractivity contribution in [3.05, 3.63) is 0 Å². The first-order chi connectivity index (χ1) is 7.16. The number of hydrogen-bond donors (Lipinski definition) is 0. The summed E-state index contributed by atoms with van der Waals surface area (Å²) in [5.41, 5.74) is 0. The summed E-state index contributed by atoms with van der Waals surface area (Å²) < 4.78 is 4.52. The summed E-state index contributed by atoms with van der Waals surface area (Å²) in [5.74, 6) is -2.50. The van der Waals surface area contributed by atoms with Crippen molar-refractivity contribution in [2.75, 3.05) is 6.61 Å². The molecule has 1 rings (SSSR count). The van der Waals surface area contributed by atoms with E-state index in [4.69, 9.17) is 0 Å². The van der Waals surface area contributed by atoms with E-state index in [9.17, 15) is 14.4 Å². The molecule has 0 N–H and O–H groups in total. The van der Waals surface area contributed by atoms with E-state index in [1.807, 2.05) is 0 Å². The molecule has 1 aliphatic rings. The third kappa shape index (κ3) is 3.15. The Morgan fingerprint density at radius 1 is 1.33 bits per heavy atom. The number of cyclic esters (lactones) is 1. The molecule has 4 nitrogen and oxygen atoms in total. The van der Waals surface area contributed by atoms with E-state index >= 15 is 0 Å². The van der Waals surface area contributed by atoms with Gasteiger partial charge in [-0.15, -0.1) is 0 Å². The molecule has 0 aromatic carbocycles. The van der Waals surface area contributed by atoms with Crippen LogP contribution in [0.25, 0.3) is 0 Å². The van der Waals surface area contributed by atoms with Gasteiger partial charge in [0.25, 0.3) is 5.78 Å². The number of ketones is 2. The van der Waals surface area contributed by atoms with Crippen LogP contribution in [0.15, 0.2) is 0 Å². The standard InChI is InChI=1S/C11H16O4/c1-2-3-4-5-6-9(12)8-7-15-11(14)10(8)13/h8H,2-7H2,1H3. The zero-order valence-electron chi connectivity index (χ0n) is 8.95. The molecule has 0 aliphatic carbocycles. The number of ether oxygens (including phenoxy) is 1. The summed E-state index contributed by atoms with van der Waals surface area (Å²) in [6.45, 7) is 2.04. The Labute approximate surface area is 89.0 Å². The molecule has 0 radical (unpaired) electrons. The number of rotatable bonds is 6. The normalized spacial score (nSPS) is 20.5. The molecule has 84 valence electrons. The van der Waals surface area contributed by atoms with Crippen LogP contribution in [-0.4, -0.2) is 24.1 Å². The molecule has 0 aromatic rings. The number of carbonyl (C=O) groups is 3. The second kappa shape index (κ2) is 5.63. The van der Waals surface area contributed by atoms with Gasteiger partial charge in [0.1, 0.15) is 18.3 Å². The van der Waals surface area contributed by atoms with Crippen molar-refractivity contribution in [1.29, 1.82) is 0 Å². The summed E-state index contributed by atoms with van der Waals surface area (Å²) >= 11 is 0. The van der Waals surface area contributed by atoms with Crippen LogP contribution in [0.5, 0.6) is 0 Å². The number of unbranched alkanes of at least 4 members (excludes halogenated alkanes) is 3. The summed E-state index contributed by atoms with van der Waals surface area (Å²) in [6.07, 6.45) is 4.38. The molecule has 1 atom stereocenters. The van der Waals surface area contributed by atoms with Crippen LogP contribution < -0.4 is 0 Å². The van der Waals surface area contributed by atoms with Gasteiger partial charge in [0.05, 0.1) is 0 Å². The molecule has 1 fully saturated rings. The zero-order valence-corrected chi connectivity index (χ0v) is 8.95. The Morgan fingerprint density at radius 3 is 2.60 bits per heavy atom. The first kappa shape index (κ1) is 11.9. The van der Waals surface area contributed by atoms with E-state index in [0.29, 0.717) is 6.42 Å². The van der Waals surface area contributed by atoms with Crippen molar-refractivity contribution in [2.24, 2.45) is 5.92 Å². The molecule has 0 amide bonds. The number of Topliss-reactive ketones (excluding diaryl/α,β-unsaturated/α-hetero) is 2. The first-order valence-corrected chi connectivity index (χ1v) is 5.40. The lowest BCUT2D eigenvalue weighted by atomic mass is 9.97. The van der Waals surface area contributed by atoms with Crippen molar-refractivity contribution in [3.8, 4) is 0 Å². The third-order valence-corrected chi connectivity index (χ3v) is 2.56. The lowest BCUT2D eigenvalue weighted by Crippen LogP contribution is -2.23. The Morgan fingerprint density at radius 2 is 2.07 bits per heavy atom. The van der Waals surface area contributed by atoms with Crippen LogP contribution in [0.4, 0.5) is 0 Å².